The fourth-order valence-electron chi connectivity index (χ4n) is 5.66. The number of hydrogen-bond donors (Lipinski definition) is 12. The molecule has 0 aliphatic carbocycles. The first kappa shape index (κ1) is 49.1. The molecule has 0 unspecified atom stereocenters. The molecule has 9 amide bonds. The molecule has 1 fully saturated rings. The normalized spacial score (nSPS) is 17.4. The summed E-state index contributed by atoms with van der Waals surface area (Å²) in [7, 11) is 0. The van der Waals surface area contributed by atoms with Gasteiger partial charge in [0.25, 0.3) is 0 Å². The third-order valence-electron chi connectivity index (χ3n) is 8.64. The quantitative estimate of drug-likeness (QED) is 0.0408. The predicted octanol–water partition coefficient (Wildman–Crippen LogP) is -5.88. The van der Waals surface area contributed by atoms with E-state index in [1.165, 1.54) is 6.92 Å². The zero-order valence-electron chi connectivity index (χ0n) is 31.9. The number of primary amides is 3. The first-order chi connectivity index (χ1) is 26.4. The number of carboxylic acid groups (broad SMARTS) is 2. The maximum absolute atomic E-state index is 13.6. The van der Waals surface area contributed by atoms with Gasteiger partial charge in [-0.3, -0.25) is 47.9 Å². The molecule has 1 saturated heterocycles. The summed E-state index contributed by atoms with van der Waals surface area (Å²) >= 11 is 0. The third-order valence-corrected chi connectivity index (χ3v) is 8.64. The van der Waals surface area contributed by atoms with E-state index in [4.69, 9.17) is 22.9 Å². The van der Waals surface area contributed by atoms with Crippen LogP contribution in [0.25, 0.3) is 0 Å². The number of aliphatic carboxylic acids is 2. The van der Waals surface area contributed by atoms with Gasteiger partial charge in [-0.2, -0.15) is 0 Å². The summed E-state index contributed by atoms with van der Waals surface area (Å²) in [5, 5.41) is 39.9. The molecule has 1 aliphatic rings. The summed E-state index contributed by atoms with van der Waals surface area (Å²) in [5.74, 6) is -12.3. The molecule has 0 bridgehead atoms. The van der Waals surface area contributed by atoms with Gasteiger partial charge in [0.15, 0.2) is 0 Å². The first-order valence-corrected chi connectivity index (χ1v) is 18.0. The van der Waals surface area contributed by atoms with Gasteiger partial charge in [0.05, 0.1) is 18.9 Å². The molecule has 24 nitrogen and oxygen atoms in total. The highest BCUT2D eigenvalue weighted by molar-refractivity contribution is 5.99. The van der Waals surface area contributed by atoms with Crippen molar-refractivity contribution in [1.82, 2.24) is 31.5 Å². The van der Waals surface area contributed by atoms with E-state index >= 15 is 0 Å². The molecule has 0 aromatic carbocycles. The number of carbonyl (C=O) groups is 11. The van der Waals surface area contributed by atoms with Gasteiger partial charge in [-0.15, -0.1) is 0 Å². The molecule has 16 N–H and O–H groups in total. The number of aliphatic hydroxyl groups is 1. The summed E-state index contributed by atoms with van der Waals surface area (Å²) in [6, 6.07) is -11.0. The van der Waals surface area contributed by atoms with Gasteiger partial charge < -0.3 is 69.7 Å². The highest BCUT2D eigenvalue weighted by Gasteiger charge is 2.41. The second kappa shape index (κ2) is 23.2. The van der Waals surface area contributed by atoms with Gasteiger partial charge >= 0.3 is 11.9 Å². The summed E-state index contributed by atoms with van der Waals surface area (Å²) in [5.41, 5.74) is 21.3. The predicted molar refractivity (Wildman–Crippen MR) is 194 cm³/mol. The van der Waals surface area contributed by atoms with Crippen molar-refractivity contribution in [2.45, 2.75) is 127 Å². The van der Waals surface area contributed by atoms with E-state index in [0.29, 0.717) is 0 Å². The molecule has 57 heavy (non-hydrogen) atoms. The molecule has 0 aromatic rings. The lowest BCUT2D eigenvalue weighted by atomic mass is 10.0. The Balaban J connectivity index is 3.32. The van der Waals surface area contributed by atoms with Gasteiger partial charge in [-0.05, 0) is 44.9 Å². The summed E-state index contributed by atoms with van der Waals surface area (Å²) in [4.78, 5) is 139. The van der Waals surface area contributed by atoms with E-state index in [9.17, 15) is 68.1 Å². The Labute approximate surface area is 326 Å². The molecule has 8 atom stereocenters. The number of nitrogens with zero attached hydrogens (tertiary/aromatic N) is 1. The number of amides is 9. The molecule has 24 heteroatoms. The van der Waals surface area contributed by atoms with Crippen molar-refractivity contribution in [3.05, 3.63) is 0 Å². The van der Waals surface area contributed by atoms with E-state index in [-0.39, 0.29) is 44.6 Å². The smallest absolute Gasteiger partial charge is 0.326 e. The molecule has 1 heterocycles. The van der Waals surface area contributed by atoms with Crippen molar-refractivity contribution in [1.29, 1.82) is 0 Å². The molecular formula is C33H54N10O14. The fraction of sp³-hybridized carbons (Fsp3) is 0.667. The van der Waals surface area contributed by atoms with E-state index < -0.39 is 139 Å². The summed E-state index contributed by atoms with van der Waals surface area (Å²) < 4.78 is 0. The number of aliphatic hydroxyl groups excluding tert-OH is 1. The Morgan fingerprint density at radius 1 is 0.649 bits per heavy atom. The Morgan fingerprint density at radius 3 is 1.63 bits per heavy atom. The van der Waals surface area contributed by atoms with Crippen LogP contribution < -0.4 is 49.5 Å². The van der Waals surface area contributed by atoms with Crippen LogP contribution in [-0.2, 0) is 52.7 Å². The van der Waals surface area contributed by atoms with Crippen LogP contribution in [0.5, 0.6) is 0 Å². The van der Waals surface area contributed by atoms with Gasteiger partial charge in [0.2, 0.25) is 53.2 Å². The molecule has 0 aromatic heterocycles. The molecule has 0 spiro atoms. The second-order valence-electron chi connectivity index (χ2n) is 14.0. The van der Waals surface area contributed by atoms with Gasteiger partial charge in [-0.25, -0.2) is 4.79 Å². The minimum atomic E-state index is -1.79. The molecule has 320 valence electrons. The second-order valence-corrected chi connectivity index (χ2v) is 14.0. The summed E-state index contributed by atoms with van der Waals surface area (Å²) in [6.07, 6.45) is -4.59. The number of nitrogens with two attached hydrogens (primary N) is 4. The van der Waals surface area contributed by atoms with Crippen molar-refractivity contribution in [2.75, 3.05) is 6.54 Å². The maximum atomic E-state index is 13.6. The van der Waals surface area contributed by atoms with Crippen LogP contribution in [0, 0.1) is 5.92 Å². The third kappa shape index (κ3) is 17.2. The summed E-state index contributed by atoms with van der Waals surface area (Å²) in [6.45, 7) is 4.48. The van der Waals surface area contributed by atoms with Crippen molar-refractivity contribution >= 4 is 65.1 Å². The van der Waals surface area contributed by atoms with Crippen LogP contribution in [0.4, 0.5) is 0 Å². The lowest BCUT2D eigenvalue weighted by Crippen LogP contribution is -2.60. The topological polar surface area (TPSA) is 416 Å². The fourth-order valence-corrected chi connectivity index (χ4v) is 5.66. The van der Waals surface area contributed by atoms with Crippen LogP contribution in [0.3, 0.4) is 0 Å². The number of nitrogens with one attached hydrogen (secondary N) is 5. The van der Waals surface area contributed by atoms with E-state index in [1.807, 2.05) is 0 Å². The van der Waals surface area contributed by atoms with Crippen molar-refractivity contribution < 1.29 is 68.1 Å². The van der Waals surface area contributed by atoms with E-state index in [0.717, 1.165) is 4.90 Å². The Bertz CT molecular complexity index is 1540. The number of hydrogen-bond acceptors (Lipinski definition) is 13. The Morgan fingerprint density at radius 2 is 1.14 bits per heavy atom. The highest BCUT2D eigenvalue weighted by Crippen LogP contribution is 2.20. The average molecular weight is 815 g/mol. The van der Waals surface area contributed by atoms with Gasteiger partial charge in [-0.1, -0.05) is 13.8 Å². The maximum Gasteiger partial charge on any atom is 0.326 e. The Kier molecular flexibility index (Phi) is 20.0. The lowest BCUT2D eigenvalue weighted by molar-refractivity contribution is -0.146. The number of rotatable bonds is 25. The van der Waals surface area contributed by atoms with Crippen molar-refractivity contribution in [3.8, 4) is 0 Å². The van der Waals surface area contributed by atoms with Crippen LogP contribution in [0.1, 0.15) is 78.6 Å². The zero-order valence-corrected chi connectivity index (χ0v) is 31.9. The van der Waals surface area contributed by atoms with Crippen LogP contribution in [-0.4, -0.2) is 140 Å². The molecule has 1 rings (SSSR count). The molecule has 1 aliphatic heterocycles. The van der Waals surface area contributed by atoms with Crippen LogP contribution in [0.15, 0.2) is 0 Å². The average Bonchev–Trinajstić information content (AvgIpc) is 3.59. The van der Waals surface area contributed by atoms with Crippen molar-refractivity contribution in [3.63, 3.8) is 0 Å². The van der Waals surface area contributed by atoms with Crippen LogP contribution >= 0.6 is 0 Å². The van der Waals surface area contributed by atoms with Crippen molar-refractivity contribution in [2.24, 2.45) is 28.9 Å². The van der Waals surface area contributed by atoms with E-state index in [1.54, 1.807) is 13.8 Å². The monoisotopic (exact) mass is 814 g/mol. The number of carbonyl (C=O) groups excluding carboxylic acids is 9. The zero-order chi connectivity index (χ0) is 43.7. The standard InChI is InChI=1S/C33H54N10O14/c1-14(2)11-18(28(51)39-17(33(56)57)7-9-23(35)46)40-27(50)16(6-8-22(34)45)38-29(52)19(12-24(36)47)41-30(53)21-5-4-10-43(21)32(55)20(13-25(48)49)42-31(54)26(37)15(3)44/h14-21,26,44H,4-13,37H2,1-3H3,(H2,34,45)(H2,35,46)(H2,36,47)(H,38,52)(H,39,51)(H,40,50)(H,41,53)(H,42,54)(H,48,49)(H,56,57)/t15-,16+,17+,18+,19+,20+,21+,26+/m1/s1. The van der Waals surface area contributed by atoms with Crippen LogP contribution in [0.2, 0.25) is 0 Å². The highest BCUT2D eigenvalue weighted by atomic mass is 16.4. The largest absolute Gasteiger partial charge is 0.481 e. The Hall–Kier alpha value is -5.91. The SMILES string of the molecule is CC(C)C[C@H](NC(=O)[C@H](CCC(N)=O)NC(=O)[C@H](CC(N)=O)NC(=O)[C@@H]1CCCN1C(=O)[C@H](CC(=O)O)NC(=O)[C@@H](N)[C@@H](C)O)C(=O)N[C@@H](CCC(N)=O)C(=O)O. The minimum Gasteiger partial charge on any atom is -0.481 e. The van der Waals surface area contributed by atoms with Gasteiger partial charge in [0.1, 0.15) is 42.3 Å². The minimum absolute atomic E-state index is 0.00236. The lowest BCUT2D eigenvalue weighted by Gasteiger charge is -2.30. The molecule has 0 saturated carbocycles. The number of carboxylic acids is 2. The molecule has 0 radical (unpaired) electrons. The number of likely N-dealkylation sites (tertiary alicyclic amines) is 1. The van der Waals surface area contributed by atoms with E-state index in [2.05, 4.69) is 26.6 Å². The van der Waals surface area contributed by atoms with Gasteiger partial charge in [0, 0.05) is 19.4 Å². The first-order valence-electron chi connectivity index (χ1n) is 18.0. The molecular weight excluding hydrogens is 760 g/mol.